The molecule has 8 heteroatoms. The van der Waals surface area contributed by atoms with Crippen LogP contribution < -0.4 is 10.1 Å². The van der Waals surface area contributed by atoms with Crippen LogP contribution in [0, 0.1) is 0 Å². The number of hydrogen-bond donors (Lipinski definition) is 1. The quantitative estimate of drug-likeness (QED) is 0.904. The SMILES string of the molecule is CNC(c1ccc(OC(F)(F)F)cc1)c1c(Br)cnn1C. The smallest absolute Gasteiger partial charge is 0.406 e. The molecule has 0 spiro atoms. The highest BCUT2D eigenvalue weighted by atomic mass is 79.9. The van der Waals surface area contributed by atoms with E-state index in [-0.39, 0.29) is 11.8 Å². The third-order valence-corrected chi connectivity index (χ3v) is 3.56. The van der Waals surface area contributed by atoms with Gasteiger partial charge in [0.25, 0.3) is 0 Å². The van der Waals surface area contributed by atoms with Gasteiger partial charge in [-0.3, -0.25) is 4.68 Å². The van der Waals surface area contributed by atoms with Crippen molar-refractivity contribution in [2.45, 2.75) is 12.4 Å². The lowest BCUT2D eigenvalue weighted by atomic mass is 10.0. The molecule has 1 N–H and O–H groups in total. The zero-order valence-electron chi connectivity index (χ0n) is 11.3. The molecule has 4 nitrogen and oxygen atoms in total. The molecule has 0 saturated heterocycles. The van der Waals surface area contributed by atoms with Crippen LogP contribution in [0.3, 0.4) is 0 Å². The maximum Gasteiger partial charge on any atom is 0.573 e. The molecule has 0 aliphatic carbocycles. The Morgan fingerprint density at radius 1 is 1.29 bits per heavy atom. The fourth-order valence-electron chi connectivity index (χ4n) is 2.07. The zero-order chi connectivity index (χ0) is 15.6. The molecular weight excluding hydrogens is 351 g/mol. The topological polar surface area (TPSA) is 39.1 Å². The van der Waals surface area contributed by atoms with Crippen LogP contribution in [0.15, 0.2) is 34.9 Å². The van der Waals surface area contributed by atoms with Gasteiger partial charge in [-0.1, -0.05) is 12.1 Å². The Morgan fingerprint density at radius 3 is 2.33 bits per heavy atom. The number of aromatic nitrogens is 2. The minimum absolute atomic E-state index is 0.202. The Morgan fingerprint density at radius 2 is 1.90 bits per heavy atom. The summed E-state index contributed by atoms with van der Waals surface area (Å²) in [6.07, 6.45) is -3.02. The number of benzene rings is 1. The summed E-state index contributed by atoms with van der Waals surface area (Å²) in [6, 6.07) is 5.55. The first-order valence-corrected chi connectivity index (χ1v) is 6.81. The summed E-state index contributed by atoms with van der Waals surface area (Å²) in [4.78, 5) is 0. The van der Waals surface area contributed by atoms with Crippen molar-refractivity contribution in [1.29, 1.82) is 0 Å². The third-order valence-electron chi connectivity index (χ3n) is 2.95. The Hall–Kier alpha value is -1.54. The molecule has 1 unspecified atom stereocenters. The van der Waals surface area contributed by atoms with E-state index in [1.54, 1.807) is 37.1 Å². The van der Waals surface area contributed by atoms with Gasteiger partial charge in [-0.05, 0) is 40.7 Å². The molecule has 1 heterocycles. The predicted octanol–water partition coefficient (Wildman–Crippen LogP) is 3.39. The van der Waals surface area contributed by atoms with E-state index in [1.165, 1.54) is 12.1 Å². The average molecular weight is 364 g/mol. The Balaban J connectivity index is 2.28. The van der Waals surface area contributed by atoms with Gasteiger partial charge in [0.1, 0.15) is 5.75 Å². The number of aryl methyl sites for hydroxylation is 1. The number of nitrogens with one attached hydrogen (secondary N) is 1. The van der Waals surface area contributed by atoms with Gasteiger partial charge in [0, 0.05) is 7.05 Å². The van der Waals surface area contributed by atoms with Crippen molar-refractivity contribution in [3.05, 3.63) is 46.2 Å². The molecule has 0 aliphatic heterocycles. The highest BCUT2D eigenvalue weighted by molar-refractivity contribution is 9.10. The van der Waals surface area contributed by atoms with E-state index in [0.717, 1.165) is 15.7 Å². The van der Waals surface area contributed by atoms with Crippen LogP contribution in [0.2, 0.25) is 0 Å². The molecule has 2 rings (SSSR count). The van der Waals surface area contributed by atoms with Gasteiger partial charge in [-0.2, -0.15) is 5.10 Å². The maximum absolute atomic E-state index is 12.1. The molecular formula is C13H13BrF3N3O. The highest BCUT2D eigenvalue weighted by Gasteiger charge is 2.31. The Labute approximate surface area is 128 Å². The molecule has 0 fully saturated rings. The van der Waals surface area contributed by atoms with Gasteiger partial charge in [0.05, 0.1) is 22.4 Å². The van der Waals surface area contributed by atoms with Crippen LogP contribution in [-0.4, -0.2) is 23.2 Å². The van der Waals surface area contributed by atoms with Crippen LogP contribution in [-0.2, 0) is 7.05 Å². The third kappa shape index (κ3) is 3.76. The molecule has 114 valence electrons. The van der Waals surface area contributed by atoms with Crippen molar-refractivity contribution in [2.75, 3.05) is 7.05 Å². The van der Waals surface area contributed by atoms with Gasteiger partial charge >= 0.3 is 6.36 Å². The Kier molecular flexibility index (Phi) is 4.58. The van der Waals surface area contributed by atoms with Crippen molar-refractivity contribution in [2.24, 2.45) is 7.05 Å². The van der Waals surface area contributed by atoms with Crippen LogP contribution in [0.1, 0.15) is 17.3 Å². The van der Waals surface area contributed by atoms with E-state index in [1.807, 2.05) is 0 Å². The van der Waals surface area contributed by atoms with Crippen molar-refractivity contribution in [3.8, 4) is 5.75 Å². The second kappa shape index (κ2) is 6.07. The molecule has 0 saturated carbocycles. The maximum atomic E-state index is 12.1. The van der Waals surface area contributed by atoms with Crippen molar-refractivity contribution in [1.82, 2.24) is 15.1 Å². The number of hydrogen-bond acceptors (Lipinski definition) is 3. The summed E-state index contributed by atoms with van der Waals surface area (Å²) < 4.78 is 42.8. The molecule has 21 heavy (non-hydrogen) atoms. The number of nitrogens with zero attached hydrogens (tertiary/aromatic N) is 2. The summed E-state index contributed by atoms with van der Waals surface area (Å²) >= 11 is 3.41. The first-order valence-electron chi connectivity index (χ1n) is 6.02. The number of rotatable bonds is 4. The van der Waals surface area contributed by atoms with Crippen molar-refractivity contribution < 1.29 is 17.9 Å². The minimum atomic E-state index is -4.69. The lowest BCUT2D eigenvalue weighted by Crippen LogP contribution is -2.21. The van der Waals surface area contributed by atoms with Crippen molar-refractivity contribution in [3.63, 3.8) is 0 Å². The summed E-state index contributed by atoms with van der Waals surface area (Å²) in [6.45, 7) is 0. The molecule has 1 atom stereocenters. The van der Waals surface area contributed by atoms with E-state index in [9.17, 15) is 13.2 Å². The fourth-order valence-corrected chi connectivity index (χ4v) is 2.65. The summed E-state index contributed by atoms with van der Waals surface area (Å²) in [5.41, 5.74) is 1.68. The fraction of sp³-hybridized carbons (Fsp3) is 0.308. The van der Waals surface area contributed by atoms with Crippen LogP contribution in [0.5, 0.6) is 5.75 Å². The van der Waals surface area contributed by atoms with Gasteiger partial charge in [-0.25, -0.2) is 0 Å². The second-order valence-corrected chi connectivity index (χ2v) is 5.19. The van der Waals surface area contributed by atoms with Crippen LogP contribution in [0.25, 0.3) is 0 Å². The second-order valence-electron chi connectivity index (χ2n) is 4.34. The molecule has 0 aliphatic rings. The van der Waals surface area contributed by atoms with Gasteiger partial charge in [0.15, 0.2) is 0 Å². The first-order chi connectivity index (χ1) is 9.81. The van der Waals surface area contributed by atoms with E-state index >= 15 is 0 Å². The number of alkyl halides is 3. The van der Waals surface area contributed by atoms with Gasteiger partial charge in [-0.15, -0.1) is 13.2 Å². The number of ether oxygens (including phenoxy) is 1. The number of halogens is 4. The highest BCUT2D eigenvalue weighted by Crippen LogP contribution is 2.30. The van der Waals surface area contributed by atoms with Gasteiger partial charge < -0.3 is 10.1 Å². The van der Waals surface area contributed by atoms with E-state index < -0.39 is 6.36 Å². The summed E-state index contributed by atoms with van der Waals surface area (Å²) in [5, 5.41) is 7.25. The molecule has 1 aromatic carbocycles. The average Bonchev–Trinajstić information content (AvgIpc) is 2.72. The van der Waals surface area contributed by atoms with Gasteiger partial charge in [0.2, 0.25) is 0 Å². The predicted molar refractivity (Wildman–Crippen MR) is 74.9 cm³/mol. The molecule has 0 bridgehead atoms. The monoisotopic (exact) mass is 363 g/mol. The normalized spacial score (nSPS) is 13.2. The van der Waals surface area contributed by atoms with E-state index in [4.69, 9.17) is 0 Å². The summed E-state index contributed by atoms with van der Waals surface area (Å²) in [5.74, 6) is -0.245. The standard InChI is InChI=1S/C13H13BrF3N3O/c1-18-11(12-10(14)7-19-20(12)2)8-3-5-9(6-4-8)21-13(15,16)17/h3-7,11,18H,1-2H3. The lowest BCUT2D eigenvalue weighted by Gasteiger charge is -2.18. The largest absolute Gasteiger partial charge is 0.573 e. The molecule has 0 amide bonds. The van der Waals surface area contributed by atoms with Crippen LogP contribution in [0.4, 0.5) is 13.2 Å². The minimum Gasteiger partial charge on any atom is -0.406 e. The first kappa shape index (κ1) is 15.8. The summed E-state index contributed by atoms with van der Waals surface area (Å²) in [7, 11) is 3.57. The van der Waals surface area contributed by atoms with Crippen LogP contribution >= 0.6 is 15.9 Å². The Bertz CT molecular complexity index is 591. The lowest BCUT2D eigenvalue weighted by molar-refractivity contribution is -0.274. The zero-order valence-corrected chi connectivity index (χ0v) is 12.9. The molecule has 2 aromatic rings. The van der Waals surface area contributed by atoms with Crippen molar-refractivity contribution >= 4 is 15.9 Å². The molecule has 1 aromatic heterocycles. The van der Waals surface area contributed by atoms with E-state index in [2.05, 4.69) is 31.1 Å². The van der Waals surface area contributed by atoms with E-state index in [0.29, 0.717) is 0 Å². The molecule has 0 radical (unpaired) electrons.